The van der Waals surface area contributed by atoms with Crippen LogP contribution in [0.15, 0.2) is 48.5 Å². The number of benzene rings is 2. The Morgan fingerprint density at radius 3 is 2.32 bits per heavy atom. The fourth-order valence-corrected chi connectivity index (χ4v) is 4.05. The van der Waals surface area contributed by atoms with Crippen molar-refractivity contribution >= 4 is 39.1 Å². The van der Waals surface area contributed by atoms with Gasteiger partial charge in [-0.1, -0.05) is 48.0 Å². The van der Waals surface area contributed by atoms with Crippen molar-refractivity contribution in [2.75, 3.05) is 23.7 Å². The molecular weight excluding hydrogens is 438 g/mol. The first kappa shape index (κ1) is 24.7. The molecule has 0 bridgehead atoms. The van der Waals surface area contributed by atoms with Gasteiger partial charge >= 0.3 is 0 Å². The van der Waals surface area contributed by atoms with Crippen LogP contribution in [-0.2, 0) is 26.2 Å². The minimum absolute atomic E-state index is 0.171. The first-order valence-electron chi connectivity index (χ1n) is 9.89. The van der Waals surface area contributed by atoms with Crippen LogP contribution in [0.4, 0.5) is 5.69 Å². The zero-order valence-electron chi connectivity index (χ0n) is 18.1. The highest BCUT2D eigenvalue weighted by Gasteiger charge is 2.30. The number of nitrogens with one attached hydrogen (secondary N) is 1. The van der Waals surface area contributed by atoms with Gasteiger partial charge in [0.2, 0.25) is 21.8 Å². The summed E-state index contributed by atoms with van der Waals surface area (Å²) in [5.74, 6) is -0.805. The van der Waals surface area contributed by atoms with E-state index < -0.39 is 28.5 Å². The predicted molar refractivity (Wildman–Crippen MR) is 124 cm³/mol. The number of likely N-dealkylation sites (N-methyl/N-ethyl adjacent to an activating group) is 1. The van der Waals surface area contributed by atoms with Crippen molar-refractivity contribution in [2.45, 2.75) is 33.4 Å². The fraction of sp³-hybridized carbons (Fsp3) is 0.364. The molecule has 7 nitrogen and oxygen atoms in total. The summed E-state index contributed by atoms with van der Waals surface area (Å²) in [7, 11) is -3.78. The molecule has 0 aromatic heterocycles. The number of carbonyl (C=O) groups is 2. The summed E-state index contributed by atoms with van der Waals surface area (Å²) in [5, 5.41) is 3.11. The molecule has 0 aliphatic carbocycles. The van der Waals surface area contributed by atoms with E-state index in [4.69, 9.17) is 11.6 Å². The van der Waals surface area contributed by atoms with E-state index >= 15 is 0 Å². The molecule has 0 radical (unpaired) electrons. The molecule has 0 spiro atoms. The molecule has 0 unspecified atom stereocenters. The van der Waals surface area contributed by atoms with E-state index in [-0.39, 0.29) is 18.1 Å². The van der Waals surface area contributed by atoms with Gasteiger partial charge in [-0.2, -0.15) is 0 Å². The summed E-state index contributed by atoms with van der Waals surface area (Å²) >= 11 is 6.17. The quantitative estimate of drug-likeness (QED) is 0.616. The van der Waals surface area contributed by atoms with Gasteiger partial charge in [-0.15, -0.1) is 0 Å². The lowest BCUT2D eigenvalue weighted by Gasteiger charge is -2.31. The monoisotopic (exact) mass is 465 g/mol. The highest BCUT2D eigenvalue weighted by Crippen LogP contribution is 2.25. The average Bonchev–Trinajstić information content (AvgIpc) is 2.72. The minimum atomic E-state index is -3.78. The van der Waals surface area contributed by atoms with E-state index in [0.717, 1.165) is 21.7 Å². The molecule has 0 heterocycles. The third-order valence-electron chi connectivity index (χ3n) is 4.84. The average molecular weight is 466 g/mol. The Kier molecular flexibility index (Phi) is 8.47. The molecule has 1 N–H and O–H groups in total. The summed E-state index contributed by atoms with van der Waals surface area (Å²) in [4.78, 5) is 27.1. The predicted octanol–water partition coefficient (Wildman–Crippen LogP) is 2.97. The van der Waals surface area contributed by atoms with Crippen molar-refractivity contribution in [3.63, 3.8) is 0 Å². The van der Waals surface area contributed by atoms with Crippen molar-refractivity contribution in [2.24, 2.45) is 0 Å². The number of halogens is 1. The van der Waals surface area contributed by atoms with E-state index in [2.05, 4.69) is 5.32 Å². The Morgan fingerprint density at radius 1 is 1.13 bits per heavy atom. The number of amides is 2. The number of hydrogen-bond acceptors (Lipinski definition) is 4. The van der Waals surface area contributed by atoms with Gasteiger partial charge in [0.05, 0.1) is 11.9 Å². The Hall–Kier alpha value is -2.58. The number of anilines is 1. The Balaban J connectivity index is 2.38. The van der Waals surface area contributed by atoms with Gasteiger partial charge in [-0.3, -0.25) is 13.9 Å². The van der Waals surface area contributed by atoms with E-state index in [1.807, 2.05) is 30.3 Å². The van der Waals surface area contributed by atoms with Crippen LogP contribution in [0.1, 0.15) is 25.0 Å². The molecule has 31 heavy (non-hydrogen) atoms. The molecule has 2 aromatic rings. The molecule has 168 valence electrons. The summed E-state index contributed by atoms with van der Waals surface area (Å²) in [6.45, 7) is 5.37. The van der Waals surface area contributed by atoms with Crippen LogP contribution in [0.25, 0.3) is 0 Å². The lowest BCUT2D eigenvalue weighted by atomic mass is 10.1. The van der Waals surface area contributed by atoms with Gasteiger partial charge in [-0.05, 0) is 44.0 Å². The zero-order valence-corrected chi connectivity index (χ0v) is 19.7. The number of carbonyl (C=O) groups excluding carboxylic acids is 2. The first-order chi connectivity index (χ1) is 14.5. The molecule has 0 saturated carbocycles. The normalized spacial score (nSPS) is 12.2. The fourth-order valence-electron chi connectivity index (χ4n) is 3.04. The maximum Gasteiger partial charge on any atom is 0.244 e. The van der Waals surface area contributed by atoms with Crippen LogP contribution in [0, 0.1) is 6.92 Å². The summed E-state index contributed by atoms with van der Waals surface area (Å²) in [6, 6.07) is 13.3. The highest BCUT2D eigenvalue weighted by molar-refractivity contribution is 7.92. The van der Waals surface area contributed by atoms with Crippen molar-refractivity contribution < 1.29 is 18.0 Å². The van der Waals surface area contributed by atoms with E-state index in [9.17, 15) is 18.0 Å². The van der Waals surface area contributed by atoms with Crippen LogP contribution in [0.5, 0.6) is 0 Å². The number of nitrogens with zero attached hydrogens (tertiary/aromatic N) is 2. The molecular formula is C22H28ClN3O4S. The van der Waals surface area contributed by atoms with Crippen molar-refractivity contribution in [3.8, 4) is 0 Å². The molecule has 0 fully saturated rings. The number of sulfonamides is 1. The standard InChI is InChI=1S/C22H28ClN3O4S/c1-5-24-22(28)17(3)25(14-18-9-7-6-8-10-18)21(27)15-26(31(4,29)30)19-12-11-16(2)20(23)13-19/h6-13,17H,5,14-15H2,1-4H3,(H,24,28)/t17-/m0/s1. The van der Waals surface area contributed by atoms with Crippen molar-refractivity contribution in [1.82, 2.24) is 10.2 Å². The second kappa shape index (κ2) is 10.6. The zero-order chi connectivity index (χ0) is 23.2. The molecule has 9 heteroatoms. The molecule has 1 atom stereocenters. The minimum Gasteiger partial charge on any atom is -0.355 e. The maximum absolute atomic E-state index is 13.3. The lowest BCUT2D eigenvalue weighted by Crippen LogP contribution is -2.51. The summed E-state index contributed by atoms with van der Waals surface area (Å²) < 4.78 is 26.0. The van der Waals surface area contributed by atoms with Crippen LogP contribution >= 0.6 is 11.6 Å². The van der Waals surface area contributed by atoms with E-state index in [1.165, 1.54) is 11.0 Å². The summed E-state index contributed by atoms with van der Waals surface area (Å²) in [5.41, 5.74) is 1.91. The van der Waals surface area contributed by atoms with Crippen LogP contribution < -0.4 is 9.62 Å². The smallest absolute Gasteiger partial charge is 0.244 e. The van der Waals surface area contributed by atoms with Gasteiger partial charge in [0.1, 0.15) is 12.6 Å². The third kappa shape index (κ3) is 6.70. The van der Waals surface area contributed by atoms with E-state index in [0.29, 0.717) is 11.6 Å². The Morgan fingerprint density at radius 2 is 1.77 bits per heavy atom. The Labute approximate surface area is 189 Å². The van der Waals surface area contributed by atoms with Gasteiger partial charge in [0, 0.05) is 18.1 Å². The van der Waals surface area contributed by atoms with Gasteiger partial charge in [0.15, 0.2) is 0 Å². The largest absolute Gasteiger partial charge is 0.355 e. The SMILES string of the molecule is CCNC(=O)[C@H](C)N(Cc1ccccc1)C(=O)CN(c1ccc(C)c(Cl)c1)S(C)(=O)=O. The second-order valence-electron chi connectivity index (χ2n) is 7.28. The molecule has 0 aliphatic heterocycles. The van der Waals surface area contributed by atoms with E-state index in [1.54, 1.807) is 32.9 Å². The summed E-state index contributed by atoms with van der Waals surface area (Å²) in [6.07, 6.45) is 1.03. The number of rotatable bonds is 9. The van der Waals surface area contributed by atoms with Crippen molar-refractivity contribution in [1.29, 1.82) is 0 Å². The third-order valence-corrected chi connectivity index (χ3v) is 6.38. The molecule has 0 aliphatic rings. The molecule has 2 amide bonds. The first-order valence-corrected chi connectivity index (χ1v) is 12.1. The number of hydrogen-bond donors (Lipinski definition) is 1. The van der Waals surface area contributed by atoms with Crippen LogP contribution in [-0.4, -0.2) is 50.5 Å². The lowest BCUT2D eigenvalue weighted by molar-refractivity contribution is -0.139. The van der Waals surface area contributed by atoms with Crippen molar-refractivity contribution in [3.05, 3.63) is 64.7 Å². The maximum atomic E-state index is 13.3. The molecule has 0 saturated heterocycles. The Bertz CT molecular complexity index is 1030. The number of aryl methyl sites for hydroxylation is 1. The van der Waals surface area contributed by atoms with Gasteiger partial charge in [0.25, 0.3) is 0 Å². The second-order valence-corrected chi connectivity index (χ2v) is 9.59. The van der Waals surface area contributed by atoms with Gasteiger partial charge < -0.3 is 10.2 Å². The van der Waals surface area contributed by atoms with Crippen LogP contribution in [0.3, 0.4) is 0 Å². The molecule has 2 aromatic carbocycles. The molecule has 2 rings (SSSR count). The highest BCUT2D eigenvalue weighted by atomic mass is 35.5. The van der Waals surface area contributed by atoms with Gasteiger partial charge in [-0.25, -0.2) is 8.42 Å². The topological polar surface area (TPSA) is 86.8 Å². The van der Waals surface area contributed by atoms with Crippen LogP contribution in [0.2, 0.25) is 5.02 Å².